The van der Waals surface area contributed by atoms with Gasteiger partial charge in [0.05, 0.1) is 15.6 Å². The molecule has 0 aliphatic carbocycles. The van der Waals surface area contributed by atoms with Gasteiger partial charge in [0.25, 0.3) is 10.0 Å². The minimum atomic E-state index is -4.21. The lowest BCUT2D eigenvalue weighted by molar-refractivity contribution is -0.141. The molecule has 0 radical (unpaired) electrons. The number of anilines is 1. The maximum absolute atomic E-state index is 14.0. The van der Waals surface area contributed by atoms with E-state index in [0.29, 0.717) is 5.56 Å². The molecular formula is C29H33ClFN3O4S. The molecule has 3 rings (SSSR count). The van der Waals surface area contributed by atoms with Gasteiger partial charge in [0.2, 0.25) is 11.8 Å². The second kappa shape index (κ2) is 12.6. The molecule has 0 spiro atoms. The molecule has 0 fully saturated rings. The Kier molecular flexibility index (Phi) is 9.74. The monoisotopic (exact) mass is 573 g/mol. The molecule has 0 saturated carbocycles. The van der Waals surface area contributed by atoms with Gasteiger partial charge in [0.1, 0.15) is 18.4 Å². The molecule has 1 N–H and O–H groups in total. The highest BCUT2D eigenvalue weighted by Gasteiger charge is 2.35. The quantitative estimate of drug-likeness (QED) is 0.352. The zero-order chi connectivity index (χ0) is 28.8. The van der Waals surface area contributed by atoms with Crippen LogP contribution >= 0.6 is 11.6 Å². The summed E-state index contributed by atoms with van der Waals surface area (Å²) >= 11 is 6.40. The van der Waals surface area contributed by atoms with Crippen LogP contribution < -0.4 is 9.62 Å². The number of sulfonamides is 1. The number of para-hydroxylation sites is 1. The molecule has 0 aromatic heterocycles. The van der Waals surface area contributed by atoms with E-state index in [9.17, 15) is 22.4 Å². The SMILES string of the molecule is CC[C@H](C(=O)NC(C)(C)C)N(Cc1ccc(F)cc1)C(=O)CN(c1ccccc1Cl)S(=O)(=O)c1ccccc1. The number of hydrogen-bond acceptors (Lipinski definition) is 4. The van der Waals surface area contributed by atoms with Crippen molar-refractivity contribution in [1.29, 1.82) is 0 Å². The van der Waals surface area contributed by atoms with Crippen LogP contribution in [-0.2, 0) is 26.2 Å². The smallest absolute Gasteiger partial charge is 0.264 e. The van der Waals surface area contributed by atoms with E-state index in [4.69, 9.17) is 11.6 Å². The number of rotatable bonds is 10. The average Bonchev–Trinajstić information content (AvgIpc) is 2.88. The summed E-state index contributed by atoms with van der Waals surface area (Å²) in [6.45, 7) is 6.61. The van der Waals surface area contributed by atoms with Crippen molar-refractivity contribution < 1.29 is 22.4 Å². The van der Waals surface area contributed by atoms with Crippen LogP contribution in [0.15, 0.2) is 83.8 Å². The Morgan fingerprint density at radius 3 is 2.10 bits per heavy atom. The number of carbonyl (C=O) groups excluding carboxylic acids is 2. The molecule has 208 valence electrons. The summed E-state index contributed by atoms with van der Waals surface area (Å²) < 4.78 is 42.1. The topological polar surface area (TPSA) is 86.8 Å². The van der Waals surface area contributed by atoms with Gasteiger partial charge in [-0.15, -0.1) is 0 Å². The summed E-state index contributed by atoms with van der Waals surface area (Å²) in [7, 11) is -4.21. The third kappa shape index (κ3) is 7.80. The van der Waals surface area contributed by atoms with Crippen molar-refractivity contribution in [3.8, 4) is 0 Å². The molecule has 2 amide bonds. The first-order valence-electron chi connectivity index (χ1n) is 12.5. The average molecular weight is 574 g/mol. The summed E-state index contributed by atoms with van der Waals surface area (Å²) in [6.07, 6.45) is 0.270. The number of nitrogens with one attached hydrogen (secondary N) is 1. The highest BCUT2D eigenvalue weighted by atomic mass is 35.5. The molecule has 0 unspecified atom stereocenters. The number of halogens is 2. The summed E-state index contributed by atoms with van der Waals surface area (Å²) in [5, 5.41) is 3.05. The third-order valence-corrected chi connectivity index (χ3v) is 7.98. The zero-order valence-electron chi connectivity index (χ0n) is 22.4. The molecule has 10 heteroatoms. The van der Waals surface area contributed by atoms with Gasteiger partial charge in [-0.05, 0) is 69.2 Å². The standard InChI is InChI=1S/C29H33ClFN3O4S/c1-5-25(28(36)32-29(2,3)4)33(19-21-15-17-22(31)18-16-21)27(35)20-34(26-14-10-9-13-24(26)30)39(37,38)23-11-7-6-8-12-23/h6-18,25H,5,19-20H2,1-4H3,(H,32,36)/t25-/m1/s1. The lowest BCUT2D eigenvalue weighted by Crippen LogP contribution is -2.55. The number of nitrogens with zero attached hydrogens (tertiary/aromatic N) is 2. The molecule has 0 saturated heterocycles. The van der Waals surface area contributed by atoms with Crippen molar-refractivity contribution in [1.82, 2.24) is 10.2 Å². The molecule has 7 nitrogen and oxygen atoms in total. The Labute approximate surface area is 234 Å². The number of carbonyl (C=O) groups is 2. The molecule has 0 bridgehead atoms. The van der Waals surface area contributed by atoms with Gasteiger partial charge in [0.15, 0.2) is 0 Å². The van der Waals surface area contributed by atoms with E-state index in [1.165, 1.54) is 53.4 Å². The minimum absolute atomic E-state index is 0.0136. The van der Waals surface area contributed by atoms with Gasteiger partial charge >= 0.3 is 0 Å². The van der Waals surface area contributed by atoms with Crippen LogP contribution in [0.25, 0.3) is 0 Å². The second-order valence-corrected chi connectivity index (χ2v) is 12.4. The Morgan fingerprint density at radius 2 is 1.54 bits per heavy atom. The lowest BCUT2D eigenvalue weighted by atomic mass is 10.1. The van der Waals surface area contributed by atoms with Crippen molar-refractivity contribution in [2.24, 2.45) is 0 Å². The summed E-state index contributed by atoms with van der Waals surface area (Å²) in [5.74, 6) is -1.43. The maximum Gasteiger partial charge on any atom is 0.264 e. The van der Waals surface area contributed by atoms with Crippen molar-refractivity contribution in [3.05, 3.63) is 95.3 Å². The van der Waals surface area contributed by atoms with Crippen LogP contribution in [0.1, 0.15) is 39.7 Å². The highest BCUT2D eigenvalue weighted by molar-refractivity contribution is 7.92. The number of hydrogen-bond donors (Lipinski definition) is 1. The summed E-state index contributed by atoms with van der Waals surface area (Å²) in [5.41, 5.74) is 0.155. The number of benzene rings is 3. The fourth-order valence-electron chi connectivity index (χ4n) is 4.05. The van der Waals surface area contributed by atoms with E-state index in [0.717, 1.165) is 4.31 Å². The maximum atomic E-state index is 14.0. The molecule has 0 aliphatic heterocycles. The van der Waals surface area contributed by atoms with E-state index in [-0.39, 0.29) is 34.5 Å². The van der Waals surface area contributed by atoms with Crippen LogP contribution in [0.5, 0.6) is 0 Å². The predicted molar refractivity (Wildman–Crippen MR) is 151 cm³/mol. The van der Waals surface area contributed by atoms with Gasteiger partial charge in [-0.25, -0.2) is 12.8 Å². The van der Waals surface area contributed by atoms with Crippen molar-refractivity contribution in [3.63, 3.8) is 0 Å². The van der Waals surface area contributed by atoms with Crippen molar-refractivity contribution in [2.75, 3.05) is 10.8 Å². The predicted octanol–water partition coefficient (Wildman–Crippen LogP) is 5.40. The van der Waals surface area contributed by atoms with Gasteiger partial charge < -0.3 is 10.2 Å². The Bertz CT molecular complexity index is 1390. The van der Waals surface area contributed by atoms with E-state index in [1.807, 2.05) is 20.8 Å². The Balaban J connectivity index is 2.07. The van der Waals surface area contributed by atoms with Gasteiger partial charge in [-0.1, -0.05) is 61.0 Å². The highest BCUT2D eigenvalue weighted by Crippen LogP contribution is 2.30. The zero-order valence-corrected chi connectivity index (χ0v) is 24.0. The first kappa shape index (κ1) is 30.1. The van der Waals surface area contributed by atoms with Gasteiger partial charge in [0, 0.05) is 12.1 Å². The molecule has 3 aromatic rings. The van der Waals surface area contributed by atoms with Crippen LogP contribution in [0.4, 0.5) is 10.1 Å². The van der Waals surface area contributed by atoms with E-state index >= 15 is 0 Å². The van der Waals surface area contributed by atoms with Crippen molar-refractivity contribution >= 4 is 39.1 Å². The first-order chi connectivity index (χ1) is 18.3. The fourth-order valence-corrected chi connectivity index (χ4v) is 5.79. The summed E-state index contributed by atoms with van der Waals surface area (Å²) in [4.78, 5) is 28.6. The Hall–Kier alpha value is -3.43. The van der Waals surface area contributed by atoms with Crippen LogP contribution in [0.2, 0.25) is 5.02 Å². The minimum Gasteiger partial charge on any atom is -0.350 e. The van der Waals surface area contributed by atoms with Crippen LogP contribution in [-0.4, -0.2) is 43.3 Å². The van der Waals surface area contributed by atoms with E-state index < -0.39 is 39.9 Å². The molecule has 0 heterocycles. The molecule has 1 atom stereocenters. The molecule has 3 aromatic carbocycles. The summed E-state index contributed by atoms with van der Waals surface area (Å²) in [6, 6.07) is 18.8. The van der Waals surface area contributed by atoms with Gasteiger partial charge in [-0.2, -0.15) is 0 Å². The van der Waals surface area contributed by atoms with E-state index in [1.54, 1.807) is 37.3 Å². The van der Waals surface area contributed by atoms with Crippen molar-refractivity contribution in [2.45, 2.75) is 57.1 Å². The normalized spacial score (nSPS) is 12.5. The van der Waals surface area contributed by atoms with Crippen LogP contribution in [0.3, 0.4) is 0 Å². The largest absolute Gasteiger partial charge is 0.350 e. The molecule has 39 heavy (non-hydrogen) atoms. The fraction of sp³-hybridized carbons (Fsp3) is 0.310. The number of amides is 2. The Morgan fingerprint density at radius 1 is 0.949 bits per heavy atom. The van der Waals surface area contributed by atoms with Crippen LogP contribution in [0, 0.1) is 5.82 Å². The third-order valence-electron chi connectivity index (χ3n) is 5.88. The first-order valence-corrected chi connectivity index (χ1v) is 14.3. The molecular weight excluding hydrogens is 541 g/mol. The second-order valence-electron chi connectivity index (χ2n) is 10.1. The van der Waals surface area contributed by atoms with E-state index in [2.05, 4.69) is 5.32 Å². The lowest BCUT2D eigenvalue weighted by Gasteiger charge is -2.35. The van der Waals surface area contributed by atoms with Gasteiger partial charge in [-0.3, -0.25) is 13.9 Å². The molecule has 0 aliphatic rings.